The monoisotopic (exact) mass is 357 g/mol. The van der Waals surface area contributed by atoms with Gasteiger partial charge in [0, 0.05) is 5.69 Å². The van der Waals surface area contributed by atoms with Crippen molar-refractivity contribution in [1.29, 1.82) is 0 Å². The first-order valence-electron chi connectivity index (χ1n) is 10.8. The van der Waals surface area contributed by atoms with Crippen molar-refractivity contribution in [1.82, 2.24) is 0 Å². The average molecular weight is 358 g/mol. The van der Waals surface area contributed by atoms with E-state index in [4.69, 9.17) is 0 Å². The van der Waals surface area contributed by atoms with Crippen LogP contribution in [0.2, 0.25) is 0 Å². The largest absolute Gasteiger partial charge is 0.322 e. The van der Waals surface area contributed by atoms with Crippen LogP contribution in [0.25, 0.3) is 0 Å². The lowest BCUT2D eigenvalue weighted by molar-refractivity contribution is -0.944. The summed E-state index contributed by atoms with van der Waals surface area (Å²) in [6.07, 6.45) is 13.4. The Hall–Kier alpha value is -1.35. The predicted octanol–water partition coefficient (Wildman–Crippen LogP) is 4.10. The molecule has 0 unspecified atom stereocenters. The van der Waals surface area contributed by atoms with Gasteiger partial charge in [-0.1, -0.05) is 30.5 Å². The van der Waals surface area contributed by atoms with Crippen molar-refractivity contribution in [2.75, 3.05) is 11.9 Å². The number of anilines is 1. The van der Waals surface area contributed by atoms with Crippen LogP contribution in [0.3, 0.4) is 0 Å². The van der Waals surface area contributed by atoms with E-state index in [1.807, 2.05) is 0 Å². The second-order valence-corrected chi connectivity index (χ2v) is 8.74. The molecule has 0 bridgehead atoms. The Morgan fingerprint density at radius 3 is 1.81 bits per heavy atom. The highest BCUT2D eigenvalue weighted by Crippen LogP contribution is 2.22. The second kappa shape index (κ2) is 9.03. The molecular weight excluding hydrogens is 320 g/mol. The van der Waals surface area contributed by atoms with E-state index in [1.165, 1.54) is 80.9 Å². The zero-order valence-electron chi connectivity index (χ0n) is 17.0. The van der Waals surface area contributed by atoms with Crippen molar-refractivity contribution in [3.05, 3.63) is 28.8 Å². The molecule has 1 aromatic rings. The maximum absolute atomic E-state index is 13.0. The summed E-state index contributed by atoms with van der Waals surface area (Å²) >= 11 is 0. The van der Waals surface area contributed by atoms with Crippen molar-refractivity contribution in [2.45, 2.75) is 97.1 Å². The smallest absolute Gasteiger partial charge is 0.279 e. The number of hydrogen-bond donors (Lipinski definition) is 2. The maximum Gasteiger partial charge on any atom is 0.279 e. The van der Waals surface area contributed by atoms with E-state index < -0.39 is 0 Å². The molecule has 2 aliphatic rings. The lowest BCUT2D eigenvalue weighted by atomic mass is 9.88. The van der Waals surface area contributed by atoms with E-state index in [9.17, 15) is 4.79 Å². The number of benzene rings is 1. The van der Waals surface area contributed by atoms with Crippen LogP contribution >= 0.6 is 0 Å². The Balaban J connectivity index is 1.70. The summed E-state index contributed by atoms with van der Waals surface area (Å²) in [6, 6.07) is 5.71. The van der Waals surface area contributed by atoms with Crippen molar-refractivity contribution in [3.63, 3.8) is 0 Å². The molecule has 0 heterocycles. The fraction of sp³-hybridized carbons (Fsp3) is 0.696. The Kier molecular flexibility index (Phi) is 6.74. The number of carbonyl (C=O) groups is 1. The summed E-state index contributed by atoms with van der Waals surface area (Å²) < 4.78 is 0. The van der Waals surface area contributed by atoms with Crippen LogP contribution in [0.5, 0.6) is 0 Å². The summed E-state index contributed by atoms with van der Waals surface area (Å²) in [5, 5.41) is 3.25. The quantitative estimate of drug-likeness (QED) is 0.817. The third-order valence-corrected chi connectivity index (χ3v) is 6.57. The van der Waals surface area contributed by atoms with Crippen molar-refractivity contribution >= 4 is 11.6 Å². The molecule has 3 heteroatoms. The first-order valence-corrected chi connectivity index (χ1v) is 10.8. The Bertz CT molecular complexity index is 572. The van der Waals surface area contributed by atoms with Gasteiger partial charge in [0.1, 0.15) is 0 Å². The Morgan fingerprint density at radius 2 is 1.35 bits per heavy atom. The molecule has 0 aromatic heterocycles. The van der Waals surface area contributed by atoms with E-state index in [0.29, 0.717) is 18.6 Å². The molecule has 3 nitrogen and oxygen atoms in total. The van der Waals surface area contributed by atoms with Gasteiger partial charge in [-0.2, -0.15) is 0 Å². The summed E-state index contributed by atoms with van der Waals surface area (Å²) in [4.78, 5) is 14.6. The van der Waals surface area contributed by atoms with E-state index >= 15 is 0 Å². The van der Waals surface area contributed by atoms with Gasteiger partial charge in [-0.25, -0.2) is 0 Å². The molecule has 2 aliphatic carbocycles. The summed E-state index contributed by atoms with van der Waals surface area (Å²) in [6.45, 7) is 6.96. The number of amides is 1. The zero-order chi connectivity index (χ0) is 18.5. The van der Waals surface area contributed by atoms with Gasteiger partial charge >= 0.3 is 0 Å². The molecule has 0 atom stereocenters. The van der Waals surface area contributed by atoms with Crippen LogP contribution in [0, 0.1) is 20.8 Å². The van der Waals surface area contributed by atoms with Gasteiger partial charge in [0.05, 0.1) is 12.1 Å². The molecule has 0 radical (unpaired) electrons. The lowest BCUT2D eigenvalue weighted by Gasteiger charge is -2.38. The van der Waals surface area contributed by atoms with E-state index in [0.717, 1.165) is 5.69 Å². The van der Waals surface area contributed by atoms with Crippen LogP contribution in [-0.2, 0) is 4.79 Å². The molecular formula is C23H37N2O+. The topological polar surface area (TPSA) is 33.5 Å². The predicted molar refractivity (Wildman–Crippen MR) is 109 cm³/mol. The minimum Gasteiger partial charge on any atom is -0.322 e. The molecule has 3 rings (SSSR count). The highest BCUT2D eigenvalue weighted by atomic mass is 16.2. The van der Waals surface area contributed by atoms with Gasteiger partial charge in [-0.15, -0.1) is 0 Å². The second-order valence-electron chi connectivity index (χ2n) is 8.74. The molecule has 1 aromatic carbocycles. The molecule has 0 spiro atoms. The molecule has 0 saturated heterocycles. The Morgan fingerprint density at radius 1 is 0.885 bits per heavy atom. The average Bonchev–Trinajstić information content (AvgIpc) is 2.64. The Labute approximate surface area is 159 Å². The first-order chi connectivity index (χ1) is 12.5. The first kappa shape index (κ1) is 19.4. The molecule has 1 amide bonds. The fourth-order valence-electron chi connectivity index (χ4n) is 5.31. The van der Waals surface area contributed by atoms with Gasteiger partial charge < -0.3 is 10.2 Å². The molecule has 0 aliphatic heterocycles. The summed E-state index contributed by atoms with van der Waals surface area (Å²) in [5.41, 5.74) is 4.63. The van der Waals surface area contributed by atoms with E-state index in [1.54, 1.807) is 4.90 Å². The minimum atomic E-state index is 0.200. The number of rotatable bonds is 5. The highest BCUT2D eigenvalue weighted by molar-refractivity contribution is 5.93. The van der Waals surface area contributed by atoms with E-state index in [-0.39, 0.29) is 5.91 Å². The normalized spacial score (nSPS) is 19.7. The molecule has 26 heavy (non-hydrogen) atoms. The number of nitrogens with one attached hydrogen (secondary N) is 2. The van der Waals surface area contributed by atoms with Gasteiger partial charge in [-0.05, 0) is 83.3 Å². The van der Waals surface area contributed by atoms with Crippen molar-refractivity contribution in [3.8, 4) is 0 Å². The fourth-order valence-corrected chi connectivity index (χ4v) is 5.31. The summed E-state index contributed by atoms with van der Waals surface area (Å²) in [5.74, 6) is 0.200. The van der Waals surface area contributed by atoms with Gasteiger partial charge in [-0.3, -0.25) is 4.79 Å². The highest BCUT2D eigenvalue weighted by Gasteiger charge is 2.33. The molecule has 2 fully saturated rings. The number of carbonyl (C=O) groups excluding carboxylic acids is 1. The third kappa shape index (κ3) is 4.88. The van der Waals surface area contributed by atoms with Gasteiger partial charge in [0.2, 0.25) is 0 Å². The van der Waals surface area contributed by atoms with E-state index in [2.05, 4.69) is 38.2 Å². The van der Waals surface area contributed by atoms with Crippen molar-refractivity contribution in [2.24, 2.45) is 0 Å². The van der Waals surface area contributed by atoms with Crippen LogP contribution in [-0.4, -0.2) is 24.5 Å². The maximum atomic E-state index is 13.0. The van der Waals surface area contributed by atoms with Crippen LogP contribution < -0.4 is 10.2 Å². The molecule has 2 N–H and O–H groups in total. The number of quaternary nitrogens is 1. The SMILES string of the molecule is Cc1cc(C)c(NC(=O)C[NH+](C2CCCCC2)C2CCCCC2)c(C)c1. The number of aryl methyl sites for hydroxylation is 3. The van der Waals surface area contributed by atoms with Gasteiger partial charge in [0.25, 0.3) is 5.91 Å². The van der Waals surface area contributed by atoms with Crippen LogP contribution in [0.15, 0.2) is 12.1 Å². The standard InChI is InChI=1S/C23H36N2O/c1-17-14-18(2)23(19(3)15-17)24-22(26)16-25(20-10-6-4-7-11-20)21-12-8-5-9-13-21/h14-15,20-21H,4-13,16H2,1-3H3,(H,24,26)/p+1. The van der Waals surface area contributed by atoms with Crippen molar-refractivity contribution < 1.29 is 9.69 Å². The summed E-state index contributed by atoms with van der Waals surface area (Å²) in [7, 11) is 0. The molecule has 2 saturated carbocycles. The lowest BCUT2D eigenvalue weighted by Crippen LogP contribution is -3.20. The minimum absolute atomic E-state index is 0.200. The number of hydrogen-bond acceptors (Lipinski definition) is 1. The third-order valence-electron chi connectivity index (χ3n) is 6.57. The van der Waals surface area contributed by atoms with Gasteiger partial charge in [0.15, 0.2) is 6.54 Å². The zero-order valence-corrected chi connectivity index (χ0v) is 17.0. The van der Waals surface area contributed by atoms with Crippen LogP contribution in [0.1, 0.15) is 80.9 Å². The van der Waals surface area contributed by atoms with Crippen LogP contribution in [0.4, 0.5) is 5.69 Å². The molecule has 144 valence electrons.